The van der Waals surface area contributed by atoms with E-state index >= 15 is 0 Å². The summed E-state index contributed by atoms with van der Waals surface area (Å²) in [5.74, 6) is 1.28. The number of nitrogens with zero attached hydrogens (tertiary/aromatic N) is 1. The minimum Gasteiger partial charge on any atom is -0.497 e. The molecular formula is C15H16N2O4. The van der Waals surface area contributed by atoms with Crippen LogP contribution in [0.1, 0.15) is 11.1 Å². The molecule has 0 saturated heterocycles. The Kier molecular flexibility index (Phi) is 4.73. The largest absolute Gasteiger partial charge is 0.497 e. The maximum absolute atomic E-state index is 11.0. The first kappa shape index (κ1) is 14.8. The van der Waals surface area contributed by atoms with Gasteiger partial charge in [-0.3, -0.25) is 10.1 Å². The molecule has 0 spiro atoms. The predicted molar refractivity (Wildman–Crippen MR) is 78.3 cm³/mol. The van der Waals surface area contributed by atoms with E-state index in [1.807, 2.05) is 0 Å². The van der Waals surface area contributed by atoms with Crippen molar-refractivity contribution in [3.05, 3.63) is 63.7 Å². The van der Waals surface area contributed by atoms with Crippen LogP contribution in [0, 0.1) is 10.1 Å². The molecule has 6 nitrogen and oxygen atoms in total. The Labute approximate surface area is 122 Å². The first-order valence-corrected chi connectivity index (χ1v) is 6.37. The summed E-state index contributed by atoms with van der Waals surface area (Å²) >= 11 is 0. The van der Waals surface area contributed by atoms with Gasteiger partial charge in [-0.05, 0) is 24.3 Å². The van der Waals surface area contributed by atoms with E-state index in [4.69, 9.17) is 15.2 Å². The molecule has 0 radical (unpaired) electrons. The number of nitro benzene ring substituents is 1. The minimum absolute atomic E-state index is 0.0420. The van der Waals surface area contributed by atoms with Crippen LogP contribution >= 0.6 is 0 Å². The van der Waals surface area contributed by atoms with Crippen molar-refractivity contribution in [3.8, 4) is 11.5 Å². The quantitative estimate of drug-likeness (QED) is 0.652. The Morgan fingerprint density at radius 2 is 1.95 bits per heavy atom. The van der Waals surface area contributed by atoms with Crippen molar-refractivity contribution >= 4 is 5.69 Å². The number of hydrogen-bond donors (Lipinski definition) is 1. The van der Waals surface area contributed by atoms with Gasteiger partial charge in [0.15, 0.2) is 0 Å². The van der Waals surface area contributed by atoms with Crippen LogP contribution in [0.5, 0.6) is 11.5 Å². The van der Waals surface area contributed by atoms with Crippen LogP contribution in [-0.2, 0) is 13.2 Å². The van der Waals surface area contributed by atoms with Crippen molar-refractivity contribution in [2.45, 2.75) is 13.2 Å². The number of rotatable bonds is 6. The predicted octanol–water partition coefficient (Wildman–Crippen LogP) is 2.64. The van der Waals surface area contributed by atoms with E-state index in [1.54, 1.807) is 43.5 Å². The molecule has 0 heterocycles. The molecule has 6 heteroatoms. The molecule has 2 rings (SSSR count). The van der Waals surface area contributed by atoms with E-state index in [0.29, 0.717) is 23.6 Å². The maximum Gasteiger partial charge on any atom is 0.276 e. The normalized spacial score (nSPS) is 10.2. The summed E-state index contributed by atoms with van der Waals surface area (Å²) < 4.78 is 10.8. The Balaban J connectivity index is 2.19. The van der Waals surface area contributed by atoms with Gasteiger partial charge in [0.05, 0.1) is 17.6 Å². The van der Waals surface area contributed by atoms with Gasteiger partial charge in [-0.2, -0.15) is 0 Å². The summed E-state index contributed by atoms with van der Waals surface area (Å²) in [6, 6.07) is 11.8. The first-order valence-electron chi connectivity index (χ1n) is 6.37. The van der Waals surface area contributed by atoms with E-state index in [-0.39, 0.29) is 12.3 Å². The molecule has 21 heavy (non-hydrogen) atoms. The molecule has 0 aliphatic rings. The van der Waals surface area contributed by atoms with E-state index in [2.05, 4.69) is 0 Å². The lowest BCUT2D eigenvalue weighted by Gasteiger charge is -2.12. The van der Waals surface area contributed by atoms with Gasteiger partial charge >= 0.3 is 0 Å². The molecule has 0 saturated carbocycles. The third kappa shape index (κ3) is 3.49. The third-order valence-corrected chi connectivity index (χ3v) is 3.06. The molecule has 0 aromatic heterocycles. The number of nitro groups is 1. The number of para-hydroxylation sites is 1. The highest BCUT2D eigenvalue weighted by Gasteiger charge is 2.13. The molecule has 0 atom stereocenters. The molecule has 0 unspecified atom stereocenters. The van der Waals surface area contributed by atoms with Crippen molar-refractivity contribution in [1.29, 1.82) is 0 Å². The van der Waals surface area contributed by atoms with Crippen LogP contribution in [0.15, 0.2) is 42.5 Å². The lowest BCUT2D eigenvalue weighted by molar-refractivity contribution is -0.385. The van der Waals surface area contributed by atoms with Gasteiger partial charge in [-0.1, -0.05) is 12.1 Å². The Bertz CT molecular complexity index is 643. The van der Waals surface area contributed by atoms with E-state index < -0.39 is 4.92 Å². The summed E-state index contributed by atoms with van der Waals surface area (Å²) in [6.45, 7) is 0.403. The summed E-state index contributed by atoms with van der Waals surface area (Å²) in [5, 5.41) is 11.0. The van der Waals surface area contributed by atoms with Gasteiger partial charge in [0.1, 0.15) is 18.1 Å². The average molecular weight is 288 g/mol. The van der Waals surface area contributed by atoms with Crippen molar-refractivity contribution in [1.82, 2.24) is 0 Å². The van der Waals surface area contributed by atoms with Crippen molar-refractivity contribution in [2.24, 2.45) is 5.73 Å². The fraction of sp³-hybridized carbons (Fsp3) is 0.200. The number of hydrogen-bond acceptors (Lipinski definition) is 5. The van der Waals surface area contributed by atoms with Gasteiger partial charge in [-0.15, -0.1) is 0 Å². The minimum atomic E-state index is -0.420. The van der Waals surface area contributed by atoms with E-state index in [0.717, 1.165) is 5.56 Å². The molecular weight excluding hydrogens is 272 g/mol. The molecule has 0 aliphatic heterocycles. The summed E-state index contributed by atoms with van der Waals surface area (Å²) in [7, 11) is 1.57. The zero-order chi connectivity index (χ0) is 15.2. The van der Waals surface area contributed by atoms with Crippen LogP contribution in [-0.4, -0.2) is 12.0 Å². The zero-order valence-corrected chi connectivity index (χ0v) is 11.6. The SMILES string of the molecule is COc1ccc(OCc2ccccc2[N+](=O)[O-])c(CN)c1. The first-order chi connectivity index (χ1) is 10.2. The Hall–Kier alpha value is -2.60. The molecule has 0 amide bonds. The number of ether oxygens (including phenoxy) is 2. The highest BCUT2D eigenvalue weighted by Crippen LogP contribution is 2.26. The fourth-order valence-electron chi connectivity index (χ4n) is 1.95. The molecule has 2 aromatic rings. The highest BCUT2D eigenvalue weighted by atomic mass is 16.6. The highest BCUT2D eigenvalue weighted by molar-refractivity contribution is 5.42. The van der Waals surface area contributed by atoms with Crippen LogP contribution < -0.4 is 15.2 Å². The monoisotopic (exact) mass is 288 g/mol. The molecule has 0 fully saturated rings. The molecule has 2 aromatic carbocycles. The van der Waals surface area contributed by atoms with Gasteiger partial charge in [0.25, 0.3) is 5.69 Å². The zero-order valence-electron chi connectivity index (χ0n) is 11.6. The van der Waals surface area contributed by atoms with Gasteiger partial charge in [0, 0.05) is 18.2 Å². The van der Waals surface area contributed by atoms with Crippen LogP contribution in [0.4, 0.5) is 5.69 Å². The molecule has 0 bridgehead atoms. The number of benzene rings is 2. The second-order valence-electron chi connectivity index (χ2n) is 4.35. The Morgan fingerprint density at radius 1 is 1.19 bits per heavy atom. The van der Waals surface area contributed by atoms with Crippen molar-refractivity contribution < 1.29 is 14.4 Å². The second-order valence-corrected chi connectivity index (χ2v) is 4.35. The molecule has 2 N–H and O–H groups in total. The summed E-state index contributed by atoms with van der Waals surface area (Å²) in [4.78, 5) is 10.5. The van der Waals surface area contributed by atoms with Crippen molar-refractivity contribution in [2.75, 3.05) is 7.11 Å². The smallest absolute Gasteiger partial charge is 0.276 e. The van der Waals surface area contributed by atoms with Crippen molar-refractivity contribution in [3.63, 3.8) is 0 Å². The fourth-order valence-corrected chi connectivity index (χ4v) is 1.95. The van der Waals surface area contributed by atoms with E-state index in [9.17, 15) is 10.1 Å². The topological polar surface area (TPSA) is 87.6 Å². The van der Waals surface area contributed by atoms with Crippen LogP contribution in [0.3, 0.4) is 0 Å². The number of nitrogens with two attached hydrogens (primary N) is 1. The molecule has 0 aliphatic carbocycles. The summed E-state index contributed by atoms with van der Waals surface area (Å²) in [6.07, 6.45) is 0. The van der Waals surface area contributed by atoms with Gasteiger partial charge in [0.2, 0.25) is 0 Å². The van der Waals surface area contributed by atoms with Gasteiger partial charge in [-0.25, -0.2) is 0 Å². The Morgan fingerprint density at radius 3 is 2.62 bits per heavy atom. The lowest BCUT2D eigenvalue weighted by atomic mass is 10.1. The van der Waals surface area contributed by atoms with E-state index in [1.165, 1.54) is 6.07 Å². The third-order valence-electron chi connectivity index (χ3n) is 3.06. The van der Waals surface area contributed by atoms with Crippen LogP contribution in [0.2, 0.25) is 0 Å². The lowest BCUT2D eigenvalue weighted by Crippen LogP contribution is -2.04. The van der Waals surface area contributed by atoms with Crippen LogP contribution in [0.25, 0.3) is 0 Å². The van der Waals surface area contributed by atoms with Gasteiger partial charge < -0.3 is 15.2 Å². The number of methoxy groups -OCH3 is 1. The maximum atomic E-state index is 11.0. The molecule has 110 valence electrons. The second kappa shape index (κ2) is 6.71. The average Bonchev–Trinajstić information content (AvgIpc) is 2.52. The standard InChI is InChI=1S/C15H16N2O4/c1-20-13-6-7-15(12(8-13)9-16)21-10-11-4-2-3-5-14(11)17(18)19/h2-8H,9-10,16H2,1H3. The summed E-state index contributed by atoms with van der Waals surface area (Å²) in [5.41, 5.74) is 7.02.